The number of anilines is 1. The number of hydrogen-bond donors (Lipinski definition) is 1. The van der Waals surface area contributed by atoms with Crippen molar-refractivity contribution in [3.63, 3.8) is 0 Å². The van der Waals surface area contributed by atoms with Crippen molar-refractivity contribution in [2.75, 3.05) is 4.72 Å². The fourth-order valence-corrected chi connectivity index (χ4v) is 3.84. The van der Waals surface area contributed by atoms with Crippen LogP contribution in [0.25, 0.3) is 11.3 Å². The van der Waals surface area contributed by atoms with Crippen molar-refractivity contribution in [2.45, 2.75) is 11.8 Å². The molecule has 0 saturated carbocycles. The summed E-state index contributed by atoms with van der Waals surface area (Å²) in [6.45, 7) is 1.77. The molecule has 0 aliphatic heterocycles. The number of pyridine rings is 1. The van der Waals surface area contributed by atoms with Crippen molar-refractivity contribution in [1.29, 1.82) is 0 Å². The Bertz CT molecular complexity index is 1180. The molecule has 0 saturated heterocycles. The Morgan fingerprint density at radius 2 is 1.88 bits per heavy atom. The highest BCUT2D eigenvalue weighted by Gasteiger charge is 2.18. The minimum Gasteiger partial charge on any atom is -0.301 e. The lowest BCUT2D eigenvalue weighted by Crippen LogP contribution is -2.14. The van der Waals surface area contributed by atoms with E-state index in [2.05, 4.69) is 14.8 Å². The summed E-state index contributed by atoms with van der Waals surface area (Å²) in [5.41, 5.74) is 2.03. The summed E-state index contributed by atoms with van der Waals surface area (Å²) in [6, 6.07) is 11.7. The highest BCUT2D eigenvalue weighted by atomic mass is 35.5. The third-order valence-electron chi connectivity index (χ3n) is 3.97. The molecule has 0 unspecified atom stereocenters. The van der Waals surface area contributed by atoms with Gasteiger partial charge in [0.1, 0.15) is 5.65 Å². The van der Waals surface area contributed by atoms with Crippen molar-refractivity contribution in [2.24, 2.45) is 0 Å². The van der Waals surface area contributed by atoms with Crippen molar-refractivity contribution >= 4 is 33.1 Å². The molecular weight excluding hydrogens is 374 g/mol. The average Bonchev–Trinajstić information content (AvgIpc) is 3.25. The number of benzene rings is 1. The first-order chi connectivity index (χ1) is 12.4. The number of halogens is 1. The van der Waals surface area contributed by atoms with Crippen LogP contribution in [-0.2, 0) is 10.0 Å². The summed E-state index contributed by atoms with van der Waals surface area (Å²) in [4.78, 5) is 4.46. The maximum absolute atomic E-state index is 12.7. The molecule has 3 aromatic heterocycles. The van der Waals surface area contributed by atoms with Gasteiger partial charge in [-0.3, -0.25) is 4.72 Å². The fourth-order valence-electron chi connectivity index (χ4n) is 2.62. The first-order valence-electron chi connectivity index (χ1n) is 7.71. The maximum atomic E-state index is 12.7. The third kappa shape index (κ3) is 2.93. The average molecular weight is 388 g/mol. The van der Waals surface area contributed by atoms with Crippen LogP contribution >= 0.6 is 11.6 Å². The quantitative estimate of drug-likeness (QED) is 0.582. The first kappa shape index (κ1) is 16.6. The lowest BCUT2D eigenvalue weighted by atomic mass is 10.3. The van der Waals surface area contributed by atoms with Crippen LogP contribution in [-0.4, -0.2) is 27.6 Å². The van der Waals surface area contributed by atoms with E-state index in [1.807, 2.05) is 0 Å². The number of rotatable bonds is 4. The second kappa shape index (κ2) is 6.15. The number of hydrogen-bond acceptors (Lipinski definition) is 4. The minimum atomic E-state index is -3.77. The van der Waals surface area contributed by atoms with Crippen molar-refractivity contribution < 1.29 is 8.42 Å². The normalized spacial score (nSPS) is 11.8. The number of aryl methyl sites for hydroxylation is 1. The van der Waals surface area contributed by atoms with Crippen LogP contribution < -0.4 is 4.72 Å². The van der Waals surface area contributed by atoms with Crippen molar-refractivity contribution in [3.05, 3.63) is 71.8 Å². The smallest absolute Gasteiger partial charge is 0.263 e. The summed E-state index contributed by atoms with van der Waals surface area (Å²) in [7, 11) is -3.77. The lowest BCUT2D eigenvalue weighted by Gasteiger charge is -2.08. The number of imidazole rings is 1. The second-order valence-electron chi connectivity index (χ2n) is 5.67. The molecule has 0 amide bonds. The molecule has 26 heavy (non-hydrogen) atoms. The van der Waals surface area contributed by atoms with Crippen LogP contribution in [0.1, 0.15) is 5.69 Å². The van der Waals surface area contributed by atoms with Crippen LogP contribution in [0.4, 0.5) is 5.82 Å². The largest absolute Gasteiger partial charge is 0.301 e. The fraction of sp³-hybridized carbons (Fsp3) is 0.0588. The van der Waals surface area contributed by atoms with E-state index >= 15 is 0 Å². The summed E-state index contributed by atoms with van der Waals surface area (Å²) in [5.74, 6) is 0.267. The van der Waals surface area contributed by atoms with Crippen molar-refractivity contribution in [3.8, 4) is 5.69 Å². The van der Waals surface area contributed by atoms with Crippen LogP contribution in [0.2, 0.25) is 5.02 Å². The highest BCUT2D eigenvalue weighted by molar-refractivity contribution is 7.92. The number of aromatic nitrogens is 4. The molecule has 4 rings (SSSR count). The molecule has 0 spiro atoms. The van der Waals surface area contributed by atoms with Gasteiger partial charge in [-0.15, -0.1) is 0 Å². The molecule has 0 radical (unpaired) electrons. The zero-order valence-electron chi connectivity index (χ0n) is 13.7. The predicted octanol–water partition coefficient (Wildman–Crippen LogP) is 3.28. The van der Waals surface area contributed by atoms with Crippen LogP contribution in [0.15, 0.2) is 66.0 Å². The van der Waals surface area contributed by atoms with Gasteiger partial charge in [0.25, 0.3) is 10.0 Å². The number of fused-ring (bicyclic) bond motifs is 1. The predicted molar refractivity (Wildman–Crippen MR) is 99.3 cm³/mol. The van der Waals surface area contributed by atoms with Crippen LogP contribution in [0.3, 0.4) is 0 Å². The first-order valence-corrected chi connectivity index (χ1v) is 9.57. The molecule has 132 valence electrons. The summed E-state index contributed by atoms with van der Waals surface area (Å²) < 4.78 is 31.3. The van der Waals surface area contributed by atoms with Gasteiger partial charge >= 0.3 is 0 Å². The Labute approximate surface area is 154 Å². The van der Waals surface area contributed by atoms with Crippen molar-refractivity contribution in [1.82, 2.24) is 19.2 Å². The summed E-state index contributed by atoms with van der Waals surface area (Å²) >= 11 is 5.99. The number of nitrogens with one attached hydrogen (secondary N) is 1. The lowest BCUT2D eigenvalue weighted by molar-refractivity contribution is 0.601. The SMILES string of the molecule is Cc1c(NS(=O)(=O)c2ccc(-n3cccn3)cc2)nc2ccc(Cl)cn12. The van der Waals surface area contributed by atoms with E-state index in [1.165, 1.54) is 12.1 Å². The topological polar surface area (TPSA) is 81.3 Å². The van der Waals surface area contributed by atoms with Gasteiger partial charge in [-0.25, -0.2) is 18.1 Å². The number of nitrogens with zero attached hydrogens (tertiary/aromatic N) is 4. The monoisotopic (exact) mass is 387 g/mol. The molecule has 0 bridgehead atoms. The molecule has 0 fully saturated rings. The zero-order valence-corrected chi connectivity index (χ0v) is 15.2. The van der Waals surface area contributed by atoms with Gasteiger partial charge in [0.15, 0.2) is 5.82 Å². The molecule has 9 heteroatoms. The molecule has 1 N–H and O–H groups in total. The summed E-state index contributed by atoms with van der Waals surface area (Å²) in [6.07, 6.45) is 5.13. The Morgan fingerprint density at radius 1 is 1.12 bits per heavy atom. The molecule has 1 aromatic carbocycles. The van der Waals surface area contributed by atoms with Gasteiger partial charge in [0, 0.05) is 18.6 Å². The zero-order chi connectivity index (χ0) is 18.3. The van der Waals surface area contributed by atoms with E-state index in [-0.39, 0.29) is 10.7 Å². The molecule has 7 nitrogen and oxygen atoms in total. The maximum Gasteiger partial charge on any atom is 0.263 e. The Kier molecular flexibility index (Phi) is 3.93. The van der Waals surface area contributed by atoms with Crippen LogP contribution in [0, 0.1) is 6.92 Å². The molecule has 0 atom stereocenters. The van der Waals surface area contributed by atoms with E-state index in [0.717, 1.165) is 5.69 Å². The van der Waals surface area contributed by atoms with Gasteiger partial charge < -0.3 is 4.40 Å². The standard InChI is InChI=1S/C17H14ClN5O2S/c1-12-17(20-16-8-3-13(18)11-22(12)16)21-26(24,25)15-6-4-14(5-7-15)23-10-2-9-19-23/h2-11,21H,1H3. The Balaban J connectivity index is 1.66. The molecule has 0 aliphatic carbocycles. The second-order valence-corrected chi connectivity index (χ2v) is 7.79. The third-order valence-corrected chi connectivity index (χ3v) is 5.55. The van der Waals surface area contributed by atoms with E-state index in [1.54, 1.807) is 64.9 Å². The molecular formula is C17H14ClN5O2S. The molecule has 4 aromatic rings. The highest BCUT2D eigenvalue weighted by Crippen LogP contribution is 2.22. The minimum absolute atomic E-state index is 0.142. The van der Waals surface area contributed by atoms with E-state index in [0.29, 0.717) is 16.4 Å². The van der Waals surface area contributed by atoms with E-state index in [4.69, 9.17) is 11.6 Å². The molecule has 0 aliphatic rings. The molecule has 3 heterocycles. The Hall–Kier alpha value is -2.84. The van der Waals surface area contributed by atoms with Gasteiger partial charge in [0.2, 0.25) is 0 Å². The van der Waals surface area contributed by atoms with Gasteiger partial charge in [-0.2, -0.15) is 5.10 Å². The van der Waals surface area contributed by atoms with Gasteiger partial charge in [0.05, 0.1) is 21.3 Å². The van der Waals surface area contributed by atoms with E-state index < -0.39 is 10.0 Å². The van der Waals surface area contributed by atoms with Gasteiger partial charge in [-0.1, -0.05) is 11.6 Å². The summed E-state index contributed by atoms with van der Waals surface area (Å²) in [5, 5.41) is 4.66. The number of sulfonamides is 1. The Morgan fingerprint density at radius 3 is 2.58 bits per heavy atom. The van der Waals surface area contributed by atoms with Gasteiger partial charge in [-0.05, 0) is 49.4 Å². The van der Waals surface area contributed by atoms with Crippen LogP contribution in [0.5, 0.6) is 0 Å². The van der Waals surface area contributed by atoms with E-state index in [9.17, 15) is 8.42 Å².